The molecule has 4 nitrogen and oxygen atoms in total. The lowest BCUT2D eigenvalue weighted by Gasteiger charge is -1.90. The van der Waals surface area contributed by atoms with Gasteiger partial charge in [0, 0.05) is 17.9 Å². The molecule has 16 heavy (non-hydrogen) atoms. The zero-order valence-corrected chi connectivity index (χ0v) is 9.06. The van der Waals surface area contributed by atoms with E-state index in [0.717, 1.165) is 16.5 Å². The van der Waals surface area contributed by atoms with Crippen LogP contribution in [0.3, 0.4) is 0 Å². The van der Waals surface area contributed by atoms with Gasteiger partial charge in [0.05, 0.1) is 11.0 Å². The van der Waals surface area contributed by atoms with Crippen molar-refractivity contribution in [2.75, 3.05) is 0 Å². The standard InChI is InChI=1S/C12H11NO3/c1-8(13(14)15)7-12-9(2)10-5-3-4-6-11(10)16-12/h3-7H,1-2H3. The van der Waals surface area contributed by atoms with Crippen molar-refractivity contribution in [2.24, 2.45) is 0 Å². The molecule has 0 aliphatic rings. The molecule has 2 rings (SSSR count). The molecule has 0 amide bonds. The molecule has 82 valence electrons. The van der Waals surface area contributed by atoms with Crippen molar-refractivity contribution in [3.05, 3.63) is 51.4 Å². The minimum atomic E-state index is -0.424. The Kier molecular flexibility index (Phi) is 2.48. The van der Waals surface area contributed by atoms with Gasteiger partial charge in [-0.25, -0.2) is 0 Å². The number of nitrogens with zero attached hydrogens (tertiary/aromatic N) is 1. The van der Waals surface area contributed by atoms with Crippen LogP contribution in [0.1, 0.15) is 18.2 Å². The van der Waals surface area contributed by atoms with E-state index in [0.29, 0.717) is 5.76 Å². The Bertz CT molecular complexity index is 581. The second-order valence-electron chi connectivity index (χ2n) is 3.63. The number of rotatable bonds is 2. The number of hydrogen-bond donors (Lipinski definition) is 0. The number of nitro groups is 1. The summed E-state index contributed by atoms with van der Waals surface area (Å²) >= 11 is 0. The van der Waals surface area contributed by atoms with Crippen molar-refractivity contribution in [1.82, 2.24) is 0 Å². The molecule has 1 aromatic carbocycles. The monoisotopic (exact) mass is 217 g/mol. The molecule has 0 bridgehead atoms. The number of hydrogen-bond acceptors (Lipinski definition) is 3. The summed E-state index contributed by atoms with van der Waals surface area (Å²) in [6.07, 6.45) is 1.45. The van der Waals surface area contributed by atoms with Gasteiger partial charge >= 0.3 is 0 Å². The topological polar surface area (TPSA) is 56.3 Å². The lowest BCUT2D eigenvalue weighted by molar-refractivity contribution is -0.422. The molecule has 4 heteroatoms. The summed E-state index contributed by atoms with van der Waals surface area (Å²) in [6.45, 7) is 3.34. The maximum atomic E-state index is 10.5. The van der Waals surface area contributed by atoms with Crippen molar-refractivity contribution in [3.63, 3.8) is 0 Å². The molecule has 2 aromatic rings. The summed E-state index contributed by atoms with van der Waals surface area (Å²) in [7, 11) is 0. The molecule has 0 radical (unpaired) electrons. The molecule has 1 aromatic heterocycles. The summed E-state index contributed by atoms with van der Waals surface area (Å²) < 4.78 is 5.54. The van der Waals surface area contributed by atoms with Gasteiger partial charge < -0.3 is 4.42 Å². The van der Waals surface area contributed by atoms with E-state index >= 15 is 0 Å². The minimum Gasteiger partial charge on any atom is -0.456 e. The lowest BCUT2D eigenvalue weighted by atomic mass is 10.1. The molecule has 0 spiro atoms. The van der Waals surface area contributed by atoms with Crippen LogP contribution in [0.25, 0.3) is 17.0 Å². The Hall–Kier alpha value is -2.10. The van der Waals surface area contributed by atoms with E-state index < -0.39 is 4.92 Å². The third-order valence-electron chi connectivity index (χ3n) is 2.51. The molecular weight excluding hydrogens is 206 g/mol. The van der Waals surface area contributed by atoms with E-state index in [1.54, 1.807) is 0 Å². The summed E-state index contributed by atoms with van der Waals surface area (Å²) in [5, 5.41) is 11.5. The van der Waals surface area contributed by atoms with Crippen molar-refractivity contribution in [2.45, 2.75) is 13.8 Å². The number of furan rings is 1. The van der Waals surface area contributed by atoms with E-state index in [4.69, 9.17) is 4.42 Å². The van der Waals surface area contributed by atoms with Gasteiger partial charge in [-0.15, -0.1) is 0 Å². The van der Waals surface area contributed by atoms with Crippen molar-refractivity contribution in [3.8, 4) is 0 Å². The molecule has 0 saturated heterocycles. The average Bonchev–Trinajstić information content (AvgIpc) is 2.56. The number of benzene rings is 1. The zero-order valence-electron chi connectivity index (χ0n) is 9.06. The van der Waals surface area contributed by atoms with Gasteiger partial charge in [0.25, 0.3) is 0 Å². The highest BCUT2D eigenvalue weighted by Gasteiger charge is 2.11. The van der Waals surface area contributed by atoms with E-state index in [2.05, 4.69) is 0 Å². The van der Waals surface area contributed by atoms with Gasteiger partial charge in [-0.3, -0.25) is 10.1 Å². The first-order valence-corrected chi connectivity index (χ1v) is 4.90. The van der Waals surface area contributed by atoms with E-state index in [-0.39, 0.29) is 5.70 Å². The van der Waals surface area contributed by atoms with Crippen LogP contribution in [0.4, 0.5) is 0 Å². The lowest BCUT2D eigenvalue weighted by Crippen LogP contribution is -1.92. The smallest absolute Gasteiger partial charge is 0.246 e. The maximum absolute atomic E-state index is 10.5. The highest BCUT2D eigenvalue weighted by atomic mass is 16.6. The normalized spacial score (nSPS) is 12.0. The largest absolute Gasteiger partial charge is 0.456 e. The minimum absolute atomic E-state index is 0.0714. The van der Waals surface area contributed by atoms with Gasteiger partial charge in [-0.1, -0.05) is 18.2 Å². The van der Waals surface area contributed by atoms with Crippen molar-refractivity contribution < 1.29 is 9.34 Å². The highest BCUT2D eigenvalue weighted by molar-refractivity contribution is 5.84. The molecule has 0 N–H and O–H groups in total. The molecule has 0 aliphatic carbocycles. The Balaban J connectivity index is 2.58. The maximum Gasteiger partial charge on any atom is 0.246 e. The number of allylic oxidation sites excluding steroid dienone is 1. The molecule has 0 atom stereocenters. The van der Waals surface area contributed by atoms with Gasteiger partial charge in [0.15, 0.2) is 0 Å². The van der Waals surface area contributed by atoms with Crippen LogP contribution < -0.4 is 0 Å². The Morgan fingerprint density at radius 1 is 1.44 bits per heavy atom. The fraction of sp³-hybridized carbons (Fsp3) is 0.167. The predicted molar refractivity (Wildman–Crippen MR) is 61.6 cm³/mol. The number of aryl methyl sites for hydroxylation is 1. The molecule has 0 fully saturated rings. The molecule has 0 unspecified atom stereocenters. The van der Waals surface area contributed by atoms with Crippen molar-refractivity contribution in [1.29, 1.82) is 0 Å². The van der Waals surface area contributed by atoms with Gasteiger partial charge in [-0.2, -0.15) is 0 Å². The summed E-state index contributed by atoms with van der Waals surface area (Å²) in [4.78, 5) is 10.1. The third-order valence-corrected chi connectivity index (χ3v) is 2.51. The Morgan fingerprint density at radius 2 is 2.12 bits per heavy atom. The molecule has 0 saturated carbocycles. The third kappa shape index (κ3) is 1.69. The van der Waals surface area contributed by atoms with Crippen LogP contribution in [-0.4, -0.2) is 4.92 Å². The molecule has 0 aliphatic heterocycles. The molecule has 1 heterocycles. The van der Waals surface area contributed by atoms with Crippen LogP contribution in [0.2, 0.25) is 0 Å². The Morgan fingerprint density at radius 3 is 2.75 bits per heavy atom. The number of fused-ring (bicyclic) bond motifs is 1. The molecular formula is C12H11NO3. The quantitative estimate of drug-likeness (QED) is 0.572. The van der Waals surface area contributed by atoms with Crippen LogP contribution in [0.5, 0.6) is 0 Å². The summed E-state index contributed by atoms with van der Waals surface area (Å²) in [6, 6.07) is 7.58. The number of para-hydroxylation sites is 1. The van der Waals surface area contributed by atoms with Crippen molar-refractivity contribution >= 4 is 17.0 Å². The fourth-order valence-electron chi connectivity index (χ4n) is 1.57. The first kappa shape index (κ1) is 10.4. The Labute approximate surface area is 92.3 Å². The first-order chi connectivity index (χ1) is 7.59. The second kappa shape index (κ2) is 3.81. The van der Waals surface area contributed by atoms with E-state index in [1.165, 1.54) is 13.0 Å². The zero-order chi connectivity index (χ0) is 11.7. The highest BCUT2D eigenvalue weighted by Crippen LogP contribution is 2.26. The van der Waals surface area contributed by atoms with Gasteiger partial charge in [0.1, 0.15) is 11.3 Å². The SMILES string of the molecule is CC(=Cc1oc2ccccc2c1C)[N+](=O)[O-]. The fourth-order valence-corrected chi connectivity index (χ4v) is 1.57. The average molecular weight is 217 g/mol. The van der Waals surface area contributed by atoms with Crippen LogP contribution in [-0.2, 0) is 0 Å². The predicted octanol–water partition coefficient (Wildman–Crippen LogP) is 3.38. The van der Waals surface area contributed by atoms with E-state index in [9.17, 15) is 10.1 Å². The van der Waals surface area contributed by atoms with Gasteiger partial charge in [0.2, 0.25) is 5.70 Å². The first-order valence-electron chi connectivity index (χ1n) is 4.90. The summed E-state index contributed by atoms with van der Waals surface area (Å²) in [5.41, 5.74) is 1.75. The van der Waals surface area contributed by atoms with Crippen LogP contribution >= 0.6 is 0 Å². The van der Waals surface area contributed by atoms with Crippen LogP contribution in [0.15, 0.2) is 34.4 Å². The van der Waals surface area contributed by atoms with Gasteiger partial charge in [-0.05, 0) is 13.0 Å². The summed E-state index contributed by atoms with van der Waals surface area (Å²) in [5.74, 6) is 0.551. The van der Waals surface area contributed by atoms with Crippen LogP contribution in [0, 0.1) is 17.0 Å². The van der Waals surface area contributed by atoms with E-state index in [1.807, 2.05) is 31.2 Å². The second-order valence-corrected chi connectivity index (χ2v) is 3.63.